The predicted molar refractivity (Wildman–Crippen MR) is 95.7 cm³/mol. The Balaban J connectivity index is 1.57. The van der Waals surface area contributed by atoms with Crippen LogP contribution in [0.3, 0.4) is 0 Å². The van der Waals surface area contributed by atoms with Gasteiger partial charge in [-0.2, -0.15) is 0 Å². The van der Waals surface area contributed by atoms with E-state index in [4.69, 9.17) is 13.9 Å². The minimum atomic E-state index is -0.657. The second kappa shape index (κ2) is 7.82. The molecule has 1 aromatic heterocycles. The van der Waals surface area contributed by atoms with E-state index in [1.807, 2.05) is 62.4 Å². The molecule has 6 heteroatoms. The number of benzene rings is 2. The number of carbonyl (C=O) groups excluding carboxylic acids is 1. The van der Waals surface area contributed by atoms with Crippen molar-refractivity contribution in [2.75, 3.05) is 6.61 Å². The fourth-order valence-electron chi connectivity index (χ4n) is 2.54. The molecule has 1 heterocycles. The van der Waals surface area contributed by atoms with Crippen molar-refractivity contribution < 1.29 is 18.7 Å². The zero-order valence-corrected chi connectivity index (χ0v) is 14.9. The van der Waals surface area contributed by atoms with Gasteiger partial charge in [-0.3, -0.25) is 0 Å². The number of nitrogens with zero attached hydrogens (tertiary/aromatic N) is 2. The van der Waals surface area contributed by atoms with E-state index in [1.54, 1.807) is 6.92 Å². The molecule has 0 aliphatic heterocycles. The van der Waals surface area contributed by atoms with Crippen molar-refractivity contribution >= 4 is 5.97 Å². The Labute approximate surface area is 151 Å². The summed E-state index contributed by atoms with van der Waals surface area (Å²) in [5, 5.41) is 7.94. The zero-order chi connectivity index (χ0) is 18.5. The number of rotatable bonds is 6. The number of aryl methyl sites for hydroxylation is 2. The molecule has 0 saturated heterocycles. The van der Waals surface area contributed by atoms with E-state index in [0.29, 0.717) is 11.6 Å². The lowest BCUT2D eigenvalue weighted by atomic mass is 10.1. The normalized spacial score (nSPS) is 11.8. The highest BCUT2D eigenvalue weighted by atomic mass is 16.6. The maximum absolute atomic E-state index is 12.0. The number of hydrogen-bond donors (Lipinski definition) is 0. The molecular formula is C20H20N2O4. The number of esters is 1. The van der Waals surface area contributed by atoms with Crippen molar-refractivity contribution in [1.29, 1.82) is 0 Å². The summed E-state index contributed by atoms with van der Waals surface area (Å²) in [5.41, 5.74) is 2.95. The van der Waals surface area contributed by atoms with Crippen molar-refractivity contribution in [2.24, 2.45) is 0 Å². The summed E-state index contributed by atoms with van der Waals surface area (Å²) in [5.74, 6) is 0.756. The van der Waals surface area contributed by atoms with Gasteiger partial charge in [-0.25, -0.2) is 4.79 Å². The van der Waals surface area contributed by atoms with Crippen molar-refractivity contribution in [2.45, 2.75) is 26.9 Å². The molecule has 0 fully saturated rings. The van der Waals surface area contributed by atoms with E-state index in [2.05, 4.69) is 10.2 Å². The average molecular weight is 352 g/mol. The Kier molecular flexibility index (Phi) is 5.31. The van der Waals surface area contributed by atoms with E-state index in [1.165, 1.54) is 0 Å². The van der Waals surface area contributed by atoms with Crippen LogP contribution in [0.2, 0.25) is 0 Å². The number of ether oxygens (including phenoxy) is 2. The van der Waals surface area contributed by atoms with E-state index in [-0.39, 0.29) is 12.5 Å². The van der Waals surface area contributed by atoms with Crippen LogP contribution in [0.1, 0.15) is 30.0 Å². The first kappa shape index (κ1) is 17.7. The first-order chi connectivity index (χ1) is 12.5. The van der Waals surface area contributed by atoms with E-state index in [0.717, 1.165) is 16.7 Å². The lowest BCUT2D eigenvalue weighted by Gasteiger charge is -2.11. The Morgan fingerprint density at radius 2 is 1.77 bits per heavy atom. The molecule has 0 radical (unpaired) electrons. The Morgan fingerprint density at radius 1 is 1.08 bits per heavy atom. The predicted octanol–water partition coefficient (Wildman–Crippen LogP) is 4.04. The van der Waals surface area contributed by atoms with Gasteiger partial charge in [-0.1, -0.05) is 24.3 Å². The maximum Gasteiger partial charge on any atom is 0.344 e. The molecule has 26 heavy (non-hydrogen) atoms. The van der Waals surface area contributed by atoms with Crippen LogP contribution in [0.15, 0.2) is 52.9 Å². The summed E-state index contributed by atoms with van der Waals surface area (Å²) in [6.45, 7) is 5.43. The molecule has 2 aromatic carbocycles. The fraction of sp³-hybridized carbons (Fsp3) is 0.250. The summed E-state index contributed by atoms with van der Waals surface area (Å²) in [7, 11) is 0. The molecule has 6 nitrogen and oxygen atoms in total. The standard InChI is InChI=1S/C20H20N2O4/c1-13-9-14(2)11-17(10-13)24-12-18(23)25-15(3)19-21-22-20(26-19)16-7-5-4-6-8-16/h4-11,15H,12H2,1-3H3/t15-/m1/s1. The van der Waals surface area contributed by atoms with Gasteiger partial charge in [0.05, 0.1) is 0 Å². The zero-order valence-electron chi connectivity index (χ0n) is 14.9. The topological polar surface area (TPSA) is 74.5 Å². The third kappa shape index (κ3) is 4.47. The highest BCUT2D eigenvalue weighted by Gasteiger charge is 2.19. The number of carbonyl (C=O) groups is 1. The van der Waals surface area contributed by atoms with Gasteiger partial charge in [0.25, 0.3) is 5.89 Å². The molecule has 0 aliphatic rings. The van der Waals surface area contributed by atoms with E-state index in [9.17, 15) is 4.79 Å². The molecule has 1 atom stereocenters. The summed E-state index contributed by atoms with van der Waals surface area (Å²) >= 11 is 0. The Bertz CT molecular complexity index is 870. The maximum atomic E-state index is 12.0. The minimum absolute atomic E-state index is 0.188. The van der Waals surface area contributed by atoms with Gasteiger partial charge in [0.15, 0.2) is 12.7 Å². The lowest BCUT2D eigenvalue weighted by molar-refractivity contribution is -0.152. The number of aromatic nitrogens is 2. The largest absolute Gasteiger partial charge is 0.482 e. The van der Waals surface area contributed by atoms with Crippen LogP contribution < -0.4 is 4.74 Å². The summed E-state index contributed by atoms with van der Waals surface area (Å²) in [4.78, 5) is 12.0. The van der Waals surface area contributed by atoms with E-state index < -0.39 is 12.1 Å². The Hall–Kier alpha value is -3.15. The Morgan fingerprint density at radius 3 is 2.46 bits per heavy atom. The molecule has 0 amide bonds. The molecular weight excluding hydrogens is 332 g/mol. The molecule has 0 saturated carbocycles. The second-order valence-corrected chi connectivity index (χ2v) is 6.06. The first-order valence-corrected chi connectivity index (χ1v) is 8.30. The average Bonchev–Trinajstić information content (AvgIpc) is 3.10. The molecule has 3 aromatic rings. The molecule has 0 N–H and O–H groups in total. The van der Waals surface area contributed by atoms with Crippen LogP contribution in [0, 0.1) is 13.8 Å². The van der Waals surface area contributed by atoms with Gasteiger partial charge in [0.1, 0.15) is 5.75 Å². The fourth-order valence-corrected chi connectivity index (χ4v) is 2.54. The van der Waals surface area contributed by atoms with Crippen molar-refractivity contribution in [3.05, 3.63) is 65.5 Å². The quantitative estimate of drug-likeness (QED) is 0.623. The van der Waals surface area contributed by atoms with Gasteiger partial charge in [0.2, 0.25) is 5.89 Å². The number of hydrogen-bond acceptors (Lipinski definition) is 6. The van der Waals surface area contributed by atoms with Gasteiger partial charge in [0, 0.05) is 5.56 Å². The summed E-state index contributed by atoms with van der Waals surface area (Å²) in [6.07, 6.45) is -0.657. The van der Waals surface area contributed by atoms with Crippen LogP contribution in [-0.2, 0) is 9.53 Å². The molecule has 134 valence electrons. The van der Waals surface area contributed by atoms with Gasteiger partial charge in [-0.05, 0) is 56.2 Å². The highest BCUT2D eigenvalue weighted by Crippen LogP contribution is 2.22. The third-order valence-corrected chi connectivity index (χ3v) is 3.67. The monoisotopic (exact) mass is 352 g/mol. The van der Waals surface area contributed by atoms with Crippen molar-refractivity contribution in [3.63, 3.8) is 0 Å². The second-order valence-electron chi connectivity index (χ2n) is 6.06. The van der Waals surface area contributed by atoms with Gasteiger partial charge >= 0.3 is 5.97 Å². The molecule has 0 unspecified atom stereocenters. The van der Waals surface area contributed by atoms with Gasteiger partial charge in [-0.15, -0.1) is 10.2 Å². The molecule has 0 aliphatic carbocycles. The molecule has 0 bridgehead atoms. The van der Waals surface area contributed by atoms with Crippen molar-refractivity contribution in [1.82, 2.24) is 10.2 Å². The lowest BCUT2D eigenvalue weighted by Crippen LogP contribution is -2.17. The first-order valence-electron chi connectivity index (χ1n) is 8.30. The molecule has 3 rings (SSSR count). The third-order valence-electron chi connectivity index (χ3n) is 3.67. The smallest absolute Gasteiger partial charge is 0.344 e. The van der Waals surface area contributed by atoms with Crippen LogP contribution in [0.25, 0.3) is 11.5 Å². The summed E-state index contributed by atoms with van der Waals surface area (Å²) < 4.78 is 16.4. The van der Waals surface area contributed by atoms with Crippen LogP contribution in [0.5, 0.6) is 5.75 Å². The van der Waals surface area contributed by atoms with Crippen LogP contribution >= 0.6 is 0 Å². The van der Waals surface area contributed by atoms with Crippen molar-refractivity contribution in [3.8, 4) is 17.2 Å². The van der Waals surface area contributed by atoms with Gasteiger partial charge < -0.3 is 13.9 Å². The summed E-state index contributed by atoms with van der Waals surface area (Å²) in [6, 6.07) is 15.2. The highest BCUT2D eigenvalue weighted by molar-refractivity contribution is 5.71. The minimum Gasteiger partial charge on any atom is -0.482 e. The van der Waals surface area contributed by atoms with Crippen LogP contribution in [-0.4, -0.2) is 22.8 Å². The van der Waals surface area contributed by atoms with Crippen LogP contribution in [0.4, 0.5) is 0 Å². The SMILES string of the molecule is Cc1cc(C)cc(OCC(=O)O[C@H](C)c2nnc(-c3ccccc3)o2)c1. The molecule has 0 spiro atoms. The van der Waals surface area contributed by atoms with E-state index >= 15 is 0 Å².